The first-order valence-corrected chi connectivity index (χ1v) is 12.5. The monoisotopic (exact) mass is 450 g/mol. The molecule has 2 aliphatic rings. The summed E-state index contributed by atoms with van der Waals surface area (Å²) in [6.07, 6.45) is 1.90. The van der Waals surface area contributed by atoms with Gasteiger partial charge in [0.15, 0.2) is 0 Å². The molecule has 162 valence electrons. The second-order valence-electron chi connectivity index (χ2n) is 7.62. The first-order valence-electron chi connectivity index (χ1n) is 10.2. The summed E-state index contributed by atoms with van der Waals surface area (Å²) in [5, 5.41) is 4.73. The van der Waals surface area contributed by atoms with Crippen molar-refractivity contribution in [2.24, 2.45) is 5.92 Å². The number of carbonyl (C=O) groups is 1. The lowest BCUT2D eigenvalue weighted by molar-refractivity contribution is -0.120. The fourth-order valence-electron chi connectivity index (χ4n) is 3.94. The number of benzene rings is 1. The normalized spacial score (nSPS) is 19.9. The van der Waals surface area contributed by atoms with Gasteiger partial charge in [0, 0.05) is 37.1 Å². The van der Waals surface area contributed by atoms with Gasteiger partial charge in [0.25, 0.3) is 10.0 Å². The molecule has 1 amide bonds. The molecule has 0 saturated carbocycles. The predicted molar refractivity (Wildman–Crippen MR) is 116 cm³/mol. The van der Waals surface area contributed by atoms with Crippen LogP contribution in [0.15, 0.2) is 33.9 Å². The molecule has 0 spiro atoms. The fourth-order valence-corrected chi connectivity index (χ4v) is 6.56. The summed E-state index contributed by atoms with van der Waals surface area (Å²) < 4.78 is 38.7. The van der Waals surface area contributed by atoms with E-state index in [1.165, 1.54) is 15.6 Å². The van der Waals surface area contributed by atoms with Gasteiger partial charge in [-0.3, -0.25) is 4.79 Å². The van der Waals surface area contributed by atoms with Crippen LogP contribution in [0.1, 0.15) is 32.3 Å². The molecule has 2 aliphatic heterocycles. The summed E-state index contributed by atoms with van der Waals surface area (Å²) in [6, 6.07) is 7.12. The average molecular weight is 451 g/mol. The van der Waals surface area contributed by atoms with E-state index in [1.807, 2.05) is 26.0 Å². The van der Waals surface area contributed by atoms with Gasteiger partial charge in [-0.2, -0.15) is 4.31 Å². The van der Waals surface area contributed by atoms with E-state index in [0.717, 1.165) is 17.7 Å². The molecule has 0 bridgehead atoms. The number of fused-ring (bicyclic) bond motifs is 1. The third-order valence-electron chi connectivity index (χ3n) is 5.47. The molecule has 4 rings (SSSR count). The van der Waals surface area contributed by atoms with Crippen LogP contribution >= 0.6 is 11.3 Å². The molecule has 1 unspecified atom stereocenters. The van der Waals surface area contributed by atoms with Crippen molar-refractivity contribution < 1.29 is 22.7 Å². The van der Waals surface area contributed by atoms with Gasteiger partial charge < -0.3 is 14.8 Å². The number of thiophene rings is 1. The highest BCUT2D eigenvalue weighted by Gasteiger charge is 2.33. The van der Waals surface area contributed by atoms with Crippen molar-refractivity contribution in [2.45, 2.75) is 43.4 Å². The minimum Gasteiger partial charge on any atom is -0.492 e. The van der Waals surface area contributed by atoms with Gasteiger partial charge in [0.2, 0.25) is 5.91 Å². The summed E-state index contributed by atoms with van der Waals surface area (Å²) in [5.41, 5.74) is 1.68. The Balaban J connectivity index is 1.43. The molecule has 9 heteroatoms. The molecular formula is C21H26N2O5S2. The number of nitrogens with one attached hydrogen (secondary N) is 1. The number of hydrogen-bond donors (Lipinski definition) is 1. The largest absolute Gasteiger partial charge is 0.492 e. The van der Waals surface area contributed by atoms with E-state index in [0.29, 0.717) is 48.2 Å². The van der Waals surface area contributed by atoms with Crippen molar-refractivity contribution >= 4 is 33.0 Å². The zero-order chi connectivity index (χ0) is 21.3. The lowest BCUT2D eigenvalue weighted by Crippen LogP contribution is -2.41. The standard InChI is InChI=1S/C21H26N2O5S2/c1-3-27-19-12-16-11-14(2)28-18(16)13-17(19)22-21(24)15-6-8-23(9-7-15)30(25,26)20-5-4-10-29-20/h4-5,10,12-15H,3,6-9,11H2,1-2H3,(H,22,24). The van der Waals surface area contributed by atoms with Gasteiger partial charge in [0.05, 0.1) is 12.3 Å². The first-order chi connectivity index (χ1) is 14.4. The molecule has 2 aromatic rings. The molecule has 1 aromatic heterocycles. The van der Waals surface area contributed by atoms with Crippen molar-refractivity contribution in [3.8, 4) is 11.5 Å². The van der Waals surface area contributed by atoms with Crippen LogP contribution in [0.2, 0.25) is 0 Å². The smallest absolute Gasteiger partial charge is 0.252 e. The fraction of sp³-hybridized carbons (Fsp3) is 0.476. The zero-order valence-electron chi connectivity index (χ0n) is 17.1. The number of piperidine rings is 1. The van der Waals surface area contributed by atoms with E-state index in [2.05, 4.69) is 5.32 Å². The van der Waals surface area contributed by atoms with E-state index < -0.39 is 10.0 Å². The Morgan fingerprint density at radius 2 is 2.10 bits per heavy atom. The van der Waals surface area contributed by atoms with E-state index in [-0.39, 0.29) is 17.9 Å². The highest BCUT2D eigenvalue weighted by Crippen LogP contribution is 2.38. The first kappa shape index (κ1) is 21.1. The van der Waals surface area contributed by atoms with Crippen LogP contribution in [0, 0.1) is 5.92 Å². The zero-order valence-corrected chi connectivity index (χ0v) is 18.7. The summed E-state index contributed by atoms with van der Waals surface area (Å²) in [4.78, 5) is 12.9. The van der Waals surface area contributed by atoms with Crippen molar-refractivity contribution in [3.05, 3.63) is 35.2 Å². The van der Waals surface area contributed by atoms with Crippen LogP contribution in [0.5, 0.6) is 11.5 Å². The van der Waals surface area contributed by atoms with Crippen molar-refractivity contribution in [1.82, 2.24) is 4.31 Å². The van der Waals surface area contributed by atoms with Crippen LogP contribution in [-0.2, 0) is 21.2 Å². The van der Waals surface area contributed by atoms with Crippen LogP contribution in [-0.4, -0.2) is 44.4 Å². The number of sulfonamides is 1. The summed E-state index contributed by atoms with van der Waals surface area (Å²) in [7, 11) is -3.47. The lowest BCUT2D eigenvalue weighted by atomic mass is 9.97. The van der Waals surface area contributed by atoms with E-state index in [9.17, 15) is 13.2 Å². The topological polar surface area (TPSA) is 84.9 Å². The highest BCUT2D eigenvalue weighted by molar-refractivity contribution is 7.91. The van der Waals surface area contributed by atoms with Crippen LogP contribution in [0.3, 0.4) is 0 Å². The highest BCUT2D eigenvalue weighted by atomic mass is 32.2. The van der Waals surface area contributed by atoms with Gasteiger partial charge in [-0.25, -0.2) is 8.42 Å². The Hall–Kier alpha value is -2.10. The number of nitrogens with zero attached hydrogens (tertiary/aromatic N) is 1. The molecule has 0 radical (unpaired) electrons. The number of hydrogen-bond acceptors (Lipinski definition) is 6. The van der Waals surface area contributed by atoms with Gasteiger partial charge in [-0.15, -0.1) is 11.3 Å². The van der Waals surface area contributed by atoms with E-state index in [4.69, 9.17) is 9.47 Å². The molecule has 30 heavy (non-hydrogen) atoms. The van der Waals surface area contributed by atoms with Crippen molar-refractivity contribution in [3.63, 3.8) is 0 Å². The molecule has 0 aliphatic carbocycles. The molecule has 7 nitrogen and oxygen atoms in total. The lowest BCUT2D eigenvalue weighted by Gasteiger charge is -2.30. The average Bonchev–Trinajstić information content (AvgIpc) is 3.38. The molecule has 1 N–H and O–H groups in total. The summed E-state index contributed by atoms with van der Waals surface area (Å²) in [5.74, 6) is 1.05. The Labute approximate surface area is 181 Å². The number of ether oxygens (including phenoxy) is 2. The van der Waals surface area contributed by atoms with Crippen LogP contribution in [0.25, 0.3) is 0 Å². The summed E-state index contributed by atoms with van der Waals surface area (Å²) >= 11 is 1.21. The predicted octanol–water partition coefficient (Wildman–Crippen LogP) is 3.51. The van der Waals surface area contributed by atoms with Crippen molar-refractivity contribution in [1.29, 1.82) is 0 Å². The van der Waals surface area contributed by atoms with E-state index >= 15 is 0 Å². The summed E-state index contributed by atoms with van der Waals surface area (Å²) in [6.45, 7) is 5.08. The SMILES string of the molecule is CCOc1cc2c(cc1NC(=O)C1CCN(S(=O)(=O)c3cccs3)CC1)OC(C)C2. The minimum atomic E-state index is -3.47. The van der Waals surface area contributed by atoms with Gasteiger partial charge in [-0.1, -0.05) is 6.07 Å². The molecular weight excluding hydrogens is 424 g/mol. The second kappa shape index (κ2) is 8.56. The Kier molecular flexibility index (Phi) is 6.04. The maximum absolute atomic E-state index is 12.9. The van der Waals surface area contributed by atoms with Crippen LogP contribution < -0.4 is 14.8 Å². The van der Waals surface area contributed by atoms with Gasteiger partial charge in [0.1, 0.15) is 21.8 Å². The maximum atomic E-state index is 12.9. The minimum absolute atomic E-state index is 0.107. The molecule has 1 aromatic carbocycles. The van der Waals surface area contributed by atoms with Gasteiger partial charge in [-0.05, 0) is 44.2 Å². The Morgan fingerprint density at radius 3 is 2.77 bits per heavy atom. The van der Waals surface area contributed by atoms with Gasteiger partial charge >= 0.3 is 0 Å². The molecule has 1 saturated heterocycles. The number of anilines is 1. The Morgan fingerprint density at radius 1 is 1.33 bits per heavy atom. The number of amides is 1. The third kappa shape index (κ3) is 4.19. The second-order valence-corrected chi connectivity index (χ2v) is 10.7. The van der Waals surface area contributed by atoms with Crippen molar-refractivity contribution in [2.75, 3.05) is 25.0 Å². The number of rotatable bonds is 6. The molecule has 1 atom stereocenters. The van der Waals surface area contributed by atoms with Crippen LogP contribution in [0.4, 0.5) is 5.69 Å². The Bertz CT molecular complexity index is 1010. The number of carbonyl (C=O) groups excluding carboxylic acids is 1. The quantitative estimate of drug-likeness (QED) is 0.728. The maximum Gasteiger partial charge on any atom is 0.252 e. The third-order valence-corrected chi connectivity index (χ3v) is 8.74. The molecule has 3 heterocycles. The van der Waals surface area contributed by atoms with E-state index in [1.54, 1.807) is 17.5 Å². The molecule has 1 fully saturated rings.